The van der Waals surface area contributed by atoms with E-state index in [1.54, 1.807) is 0 Å². The molecule has 0 aromatic rings. The molecule has 0 aliphatic rings. The van der Waals surface area contributed by atoms with Gasteiger partial charge in [0.25, 0.3) is 0 Å². The number of hydrogen-bond acceptors (Lipinski definition) is 2. The number of aliphatic hydroxyl groups excluding tert-OH is 1. The summed E-state index contributed by atoms with van der Waals surface area (Å²) in [5.41, 5.74) is -0.500. The quantitative estimate of drug-likeness (QED) is 0.717. The zero-order chi connectivity index (χ0) is 11.1. The van der Waals surface area contributed by atoms with Crippen molar-refractivity contribution in [1.82, 2.24) is 0 Å². The molecule has 1 unspecified atom stereocenters. The molecule has 0 aliphatic heterocycles. The Hall–Kier alpha value is -0.0800. The average Bonchev–Trinajstić information content (AvgIpc) is 2.02. The van der Waals surface area contributed by atoms with Gasteiger partial charge in [0, 0.05) is 6.61 Å². The van der Waals surface area contributed by atoms with Gasteiger partial charge in [-0.15, -0.1) is 0 Å². The van der Waals surface area contributed by atoms with E-state index in [-0.39, 0.29) is 0 Å². The van der Waals surface area contributed by atoms with Crippen LogP contribution < -0.4 is 0 Å². The summed E-state index contributed by atoms with van der Waals surface area (Å²) in [4.78, 5) is 0. The monoisotopic (exact) mass is 190 g/mol. The fourth-order valence-electron chi connectivity index (χ4n) is 0.129. The van der Waals surface area contributed by atoms with Crippen LogP contribution in [0.1, 0.15) is 48.0 Å². The molecule has 0 fully saturated rings. The summed E-state index contributed by atoms with van der Waals surface area (Å²) < 4.78 is 0. The molecule has 0 aromatic carbocycles. The van der Waals surface area contributed by atoms with Gasteiger partial charge in [0.05, 0.1) is 5.60 Å². The lowest BCUT2D eigenvalue weighted by Crippen LogP contribution is -2.25. The van der Waals surface area contributed by atoms with Gasteiger partial charge in [0.1, 0.15) is 0 Å². The van der Waals surface area contributed by atoms with E-state index in [1.807, 2.05) is 34.6 Å². The minimum absolute atomic E-state index is 0.330. The maximum absolute atomic E-state index is 9.09. The molecule has 13 heavy (non-hydrogen) atoms. The molecule has 0 amide bonds. The van der Waals surface area contributed by atoms with Crippen LogP contribution in [0.5, 0.6) is 0 Å². The zero-order valence-electron chi connectivity index (χ0n) is 9.96. The molecule has 82 valence electrons. The smallest absolute Gasteiger partial charge is 0.0614 e. The van der Waals surface area contributed by atoms with Crippen molar-refractivity contribution in [1.29, 1.82) is 0 Å². The van der Waals surface area contributed by atoms with Crippen molar-refractivity contribution in [2.45, 2.75) is 53.6 Å². The van der Waals surface area contributed by atoms with Crippen molar-refractivity contribution < 1.29 is 10.2 Å². The standard InChI is InChI=1S/C6H14O.C5H12O/c1-5(2)6(3,4)7;1-3-5(2)4-6/h5,7H,1-4H3;5-6H,3-4H2,1-2H3. The van der Waals surface area contributed by atoms with Gasteiger partial charge in [-0.1, -0.05) is 34.1 Å². The lowest BCUT2D eigenvalue weighted by Gasteiger charge is -2.21. The van der Waals surface area contributed by atoms with Gasteiger partial charge < -0.3 is 10.2 Å². The fourth-order valence-corrected chi connectivity index (χ4v) is 0.129. The van der Waals surface area contributed by atoms with E-state index < -0.39 is 5.60 Å². The van der Waals surface area contributed by atoms with Crippen molar-refractivity contribution in [2.24, 2.45) is 11.8 Å². The van der Waals surface area contributed by atoms with E-state index >= 15 is 0 Å². The van der Waals surface area contributed by atoms with Crippen LogP contribution in [-0.2, 0) is 0 Å². The first-order valence-electron chi connectivity index (χ1n) is 5.08. The summed E-state index contributed by atoms with van der Waals surface area (Å²) in [5, 5.41) is 17.4. The second-order valence-corrected chi connectivity index (χ2v) is 4.50. The maximum Gasteiger partial charge on any atom is 0.0614 e. The third-order valence-electron chi connectivity index (χ3n) is 2.42. The highest BCUT2D eigenvalue weighted by Crippen LogP contribution is 2.12. The first-order chi connectivity index (χ1) is 5.75. The van der Waals surface area contributed by atoms with Gasteiger partial charge >= 0.3 is 0 Å². The Balaban J connectivity index is 0. The van der Waals surface area contributed by atoms with Gasteiger partial charge in [-0.05, 0) is 25.7 Å². The van der Waals surface area contributed by atoms with Crippen molar-refractivity contribution in [3.8, 4) is 0 Å². The first-order valence-corrected chi connectivity index (χ1v) is 5.08. The summed E-state index contributed by atoms with van der Waals surface area (Å²) in [6, 6.07) is 0. The molecule has 0 bridgehead atoms. The van der Waals surface area contributed by atoms with Crippen LogP contribution in [0.4, 0.5) is 0 Å². The van der Waals surface area contributed by atoms with Crippen molar-refractivity contribution in [3.63, 3.8) is 0 Å². The molecule has 0 radical (unpaired) electrons. The molecule has 2 N–H and O–H groups in total. The van der Waals surface area contributed by atoms with Crippen LogP contribution >= 0.6 is 0 Å². The van der Waals surface area contributed by atoms with Crippen molar-refractivity contribution in [2.75, 3.05) is 6.61 Å². The molecule has 0 saturated heterocycles. The Bertz CT molecular complexity index is 99.1. The van der Waals surface area contributed by atoms with E-state index in [1.165, 1.54) is 0 Å². The molecule has 0 saturated carbocycles. The summed E-state index contributed by atoms with van der Waals surface area (Å²) in [5.74, 6) is 0.845. The number of rotatable bonds is 3. The summed E-state index contributed by atoms with van der Waals surface area (Å²) in [6.07, 6.45) is 1.08. The van der Waals surface area contributed by atoms with E-state index in [9.17, 15) is 0 Å². The Morgan fingerprint density at radius 3 is 1.46 bits per heavy atom. The van der Waals surface area contributed by atoms with E-state index in [0.717, 1.165) is 6.42 Å². The van der Waals surface area contributed by atoms with Gasteiger partial charge in [-0.2, -0.15) is 0 Å². The largest absolute Gasteiger partial charge is 0.396 e. The maximum atomic E-state index is 9.09. The minimum Gasteiger partial charge on any atom is -0.396 e. The SMILES string of the molecule is CC(C)C(C)(C)O.CCC(C)CO. The molecule has 2 nitrogen and oxygen atoms in total. The summed E-state index contributed by atoms with van der Waals surface area (Å²) in [6.45, 7) is 12.1. The van der Waals surface area contributed by atoms with Crippen molar-refractivity contribution >= 4 is 0 Å². The highest BCUT2D eigenvalue weighted by Gasteiger charge is 2.16. The van der Waals surface area contributed by atoms with Crippen LogP contribution in [0.15, 0.2) is 0 Å². The highest BCUT2D eigenvalue weighted by atomic mass is 16.3. The normalized spacial score (nSPS) is 13.6. The third kappa shape index (κ3) is 11.9. The minimum atomic E-state index is -0.500. The molecule has 1 atom stereocenters. The fraction of sp³-hybridized carbons (Fsp3) is 1.00. The first kappa shape index (κ1) is 15.4. The number of aliphatic hydroxyl groups is 2. The second-order valence-electron chi connectivity index (χ2n) is 4.50. The van der Waals surface area contributed by atoms with Gasteiger partial charge in [0.15, 0.2) is 0 Å². The third-order valence-corrected chi connectivity index (χ3v) is 2.42. The highest BCUT2D eigenvalue weighted by molar-refractivity contribution is 4.67. The van der Waals surface area contributed by atoms with Crippen LogP contribution in [0, 0.1) is 11.8 Å². The Morgan fingerprint density at radius 2 is 1.46 bits per heavy atom. The lowest BCUT2D eigenvalue weighted by atomic mass is 9.95. The van der Waals surface area contributed by atoms with Gasteiger partial charge in [-0.3, -0.25) is 0 Å². The predicted molar refractivity (Wildman–Crippen MR) is 57.7 cm³/mol. The average molecular weight is 190 g/mol. The molecule has 2 heteroatoms. The molecule has 0 heterocycles. The molecule has 0 spiro atoms. The molecule has 0 aliphatic carbocycles. The molecular weight excluding hydrogens is 164 g/mol. The van der Waals surface area contributed by atoms with Gasteiger partial charge in [-0.25, -0.2) is 0 Å². The predicted octanol–water partition coefficient (Wildman–Crippen LogP) is 2.44. The van der Waals surface area contributed by atoms with Crippen molar-refractivity contribution in [3.05, 3.63) is 0 Å². The van der Waals surface area contributed by atoms with Crippen LogP contribution in [0.2, 0.25) is 0 Å². The Labute approximate surface area is 83.0 Å². The van der Waals surface area contributed by atoms with Crippen LogP contribution in [0.3, 0.4) is 0 Å². The molecular formula is C11H26O2. The van der Waals surface area contributed by atoms with E-state index in [4.69, 9.17) is 10.2 Å². The zero-order valence-corrected chi connectivity index (χ0v) is 9.96. The van der Waals surface area contributed by atoms with E-state index in [0.29, 0.717) is 18.4 Å². The van der Waals surface area contributed by atoms with E-state index in [2.05, 4.69) is 6.92 Å². The summed E-state index contributed by atoms with van der Waals surface area (Å²) >= 11 is 0. The lowest BCUT2D eigenvalue weighted by molar-refractivity contribution is 0.0327. The number of hydrogen-bond donors (Lipinski definition) is 2. The second kappa shape index (κ2) is 7.34. The Kier molecular flexibility index (Phi) is 8.69. The Morgan fingerprint density at radius 1 is 1.15 bits per heavy atom. The molecule has 0 rings (SSSR count). The van der Waals surface area contributed by atoms with Crippen LogP contribution in [0.25, 0.3) is 0 Å². The van der Waals surface area contributed by atoms with Crippen LogP contribution in [-0.4, -0.2) is 22.4 Å². The topological polar surface area (TPSA) is 40.5 Å². The van der Waals surface area contributed by atoms with Gasteiger partial charge in [0.2, 0.25) is 0 Å². The summed E-state index contributed by atoms with van der Waals surface area (Å²) in [7, 11) is 0. The molecule has 0 aromatic heterocycles.